The fourth-order valence-electron chi connectivity index (χ4n) is 1.75. The Hall–Kier alpha value is -1.88. The SMILES string of the molecule is CCCNC(=O)C(C)NC(=O)[C@@H](N)Cc1ccccc1. The van der Waals surface area contributed by atoms with Gasteiger partial charge in [0.05, 0.1) is 6.04 Å². The van der Waals surface area contributed by atoms with Gasteiger partial charge in [-0.1, -0.05) is 37.3 Å². The molecule has 2 amide bonds. The maximum Gasteiger partial charge on any atom is 0.242 e. The van der Waals surface area contributed by atoms with Crippen LogP contribution in [0.2, 0.25) is 0 Å². The first kappa shape index (κ1) is 16.2. The summed E-state index contributed by atoms with van der Waals surface area (Å²) in [5, 5.41) is 5.36. The molecule has 110 valence electrons. The smallest absolute Gasteiger partial charge is 0.242 e. The van der Waals surface area contributed by atoms with Crippen molar-refractivity contribution in [1.82, 2.24) is 10.6 Å². The van der Waals surface area contributed by atoms with Gasteiger partial charge in [0.1, 0.15) is 6.04 Å². The molecule has 1 rings (SSSR count). The Labute approximate surface area is 119 Å². The van der Waals surface area contributed by atoms with Gasteiger partial charge in [-0.05, 0) is 25.3 Å². The van der Waals surface area contributed by atoms with Crippen molar-refractivity contribution in [1.29, 1.82) is 0 Å². The van der Waals surface area contributed by atoms with Crippen LogP contribution in [0.1, 0.15) is 25.8 Å². The van der Waals surface area contributed by atoms with Crippen LogP contribution in [0.15, 0.2) is 30.3 Å². The molecule has 0 fully saturated rings. The van der Waals surface area contributed by atoms with E-state index in [0.717, 1.165) is 12.0 Å². The molecule has 0 heterocycles. The van der Waals surface area contributed by atoms with Gasteiger partial charge in [0.25, 0.3) is 0 Å². The Kier molecular flexibility index (Phi) is 6.73. The minimum absolute atomic E-state index is 0.188. The molecule has 0 bridgehead atoms. The second kappa shape index (κ2) is 8.32. The molecule has 0 aliphatic rings. The molecular weight excluding hydrogens is 254 g/mol. The Morgan fingerprint density at radius 1 is 1.20 bits per heavy atom. The zero-order chi connectivity index (χ0) is 15.0. The number of hydrogen-bond donors (Lipinski definition) is 3. The Balaban J connectivity index is 2.43. The van der Waals surface area contributed by atoms with E-state index in [0.29, 0.717) is 13.0 Å². The van der Waals surface area contributed by atoms with E-state index in [9.17, 15) is 9.59 Å². The predicted molar refractivity (Wildman–Crippen MR) is 79.0 cm³/mol. The number of nitrogens with two attached hydrogens (primary N) is 1. The minimum atomic E-state index is -0.654. The number of hydrogen-bond acceptors (Lipinski definition) is 3. The van der Waals surface area contributed by atoms with Crippen molar-refractivity contribution >= 4 is 11.8 Å². The standard InChI is InChI=1S/C15H23N3O2/c1-3-9-17-14(19)11(2)18-15(20)13(16)10-12-7-5-4-6-8-12/h4-8,11,13H,3,9-10,16H2,1-2H3,(H,17,19)(H,18,20)/t11?,13-/m0/s1. The van der Waals surface area contributed by atoms with E-state index in [4.69, 9.17) is 5.73 Å². The number of benzene rings is 1. The molecule has 5 heteroatoms. The number of carbonyl (C=O) groups excluding carboxylic acids is 2. The Bertz CT molecular complexity index is 434. The lowest BCUT2D eigenvalue weighted by Crippen LogP contribution is -2.50. The third-order valence-corrected chi connectivity index (χ3v) is 2.94. The van der Waals surface area contributed by atoms with E-state index in [1.165, 1.54) is 0 Å². The molecule has 1 aromatic rings. The van der Waals surface area contributed by atoms with Crippen LogP contribution in [-0.2, 0) is 16.0 Å². The summed E-state index contributed by atoms with van der Waals surface area (Å²) >= 11 is 0. The van der Waals surface area contributed by atoms with Gasteiger partial charge in [-0.2, -0.15) is 0 Å². The molecule has 0 aliphatic heterocycles. The van der Waals surface area contributed by atoms with Gasteiger partial charge < -0.3 is 16.4 Å². The van der Waals surface area contributed by atoms with Crippen LogP contribution in [0, 0.1) is 0 Å². The summed E-state index contributed by atoms with van der Waals surface area (Å²) < 4.78 is 0. The molecule has 0 saturated heterocycles. The lowest BCUT2D eigenvalue weighted by molar-refractivity contribution is -0.129. The summed E-state index contributed by atoms with van der Waals surface area (Å²) in [5.74, 6) is -0.500. The zero-order valence-electron chi connectivity index (χ0n) is 12.1. The van der Waals surface area contributed by atoms with Gasteiger partial charge in [0, 0.05) is 6.54 Å². The second-order valence-electron chi connectivity index (χ2n) is 4.82. The summed E-state index contributed by atoms with van der Waals surface area (Å²) in [6.45, 7) is 4.23. The van der Waals surface area contributed by atoms with Gasteiger partial charge in [-0.25, -0.2) is 0 Å². The summed E-state index contributed by atoms with van der Waals surface area (Å²) in [6, 6.07) is 8.33. The fraction of sp³-hybridized carbons (Fsp3) is 0.467. The van der Waals surface area contributed by atoms with Crippen LogP contribution in [0.4, 0.5) is 0 Å². The molecule has 0 aromatic heterocycles. The first-order valence-electron chi connectivity index (χ1n) is 6.92. The number of rotatable bonds is 7. The van der Waals surface area contributed by atoms with Crippen molar-refractivity contribution in [3.63, 3.8) is 0 Å². The van der Waals surface area contributed by atoms with Gasteiger partial charge >= 0.3 is 0 Å². The largest absolute Gasteiger partial charge is 0.354 e. The van der Waals surface area contributed by atoms with E-state index in [1.54, 1.807) is 6.92 Å². The highest BCUT2D eigenvalue weighted by Gasteiger charge is 2.19. The van der Waals surface area contributed by atoms with Gasteiger partial charge in [0.15, 0.2) is 0 Å². The topological polar surface area (TPSA) is 84.2 Å². The molecule has 20 heavy (non-hydrogen) atoms. The maximum absolute atomic E-state index is 11.9. The van der Waals surface area contributed by atoms with Crippen LogP contribution in [-0.4, -0.2) is 30.4 Å². The second-order valence-corrected chi connectivity index (χ2v) is 4.82. The monoisotopic (exact) mass is 277 g/mol. The third kappa shape index (κ3) is 5.40. The quantitative estimate of drug-likeness (QED) is 0.682. The van der Waals surface area contributed by atoms with Crippen molar-refractivity contribution < 1.29 is 9.59 Å². The Morgan fingerprint density at radius 2 is 1.85 bits per heavy atom. The predicted octanol–water partition coefficient (Wildman–Crippen LogP) is 0.587. The van der Waals surface area contributed by atoms with Gasteiger partial charge in [0.2, 0.25) is 11.8 Å². The summed E-state index contributed by atoms with van der Waals surface area (Å²) in [7, 11) is 0. The highest BCUT2D eigenvalue weighted by Crippen LogP contribution is 2.02. The summed E-state index contributed by atoms with van der Waals surface area (Å²) in [5.41, 5.74) is 6.85. The average molecular weight is 277 g/mol. The van der Waals surface area contributed by atoms with Crippen molar-refractivity contribution in [2.24, 2.45) is 5.73 Å². The summed E-state index contributed by atoms with van der Waals surface area (Å²) in [6.07, 6.45) is 1.32. The van der Waals surface area contributed by atoms with E-state index >= 15 is 0 Å². The number of nitrogens with one attached hydrogen (secondary N) is 2. The van der Waals surface area contributed by atoms with Crippen LogP contribution in [0.5, 0.6) is 0 Å². The molecule has 0 spiro atoms. The van der Waals surface area contributed by atoms with Crippen LogP contribution < -0.4 is 16.4 Å². The van der Waals surface area contributed by atoms with Crippen LogP contribution in [0.25, 0.3) is 0 Å². The lowest BCUT2D eigenvalue weighted by atomic mass is 10.1. The lowest BCUT2D eigenvalue weighted by Gasteiger charge is -2.17. The zero-order valence-corrected chi connectivity index (χ0v) is 12.1. The van der Waals surface area contributed by atoms with E-state index in [1.807, 2.05) is 37.3 Å². The van der Waals surface area contributed by atoms with Gasteiger partial charge in [-0.3, -0.25) is 9.59 Å². The average Bonchev–Trinajstić information content (AvgIpc) is 2.45. The Morgan fingerprint density at radius 3 is 2.45 bits per heavy atom. The normalized spacial score (nSPS) is 13.3. The highest BCUT2D eigenvalue weighted by molar-refractivity contribution is 5.89. The first-order valence-corrected chi connectivity index (χ1v) is 6.92. The van der Waals surface area contributed by atoms with E-state index in [2.05, 4.69) is 10.6 Å². The fourth-order valence-corrected chi connectivity index (χ4v) is 1.75. The third-order valence-electron chi connectivity index (χ3n) is 2.94. The molecule has 0 radical (unpaired) electrons. The van der Waals surface area contributed by atoms with E-state index < -0.39 is 12.1 Å². The molecule has 0 aliphatic carbocycles. The molecule has 1 aromatic carbocycles. The van der Waals surface area contributed by atoms with Crippen molar-refractivity contribution in [2.75, 3.05) is 6.54 Å². The van der Waals surface area contributed by atoms with Crippen molar-refractivity contribution in [3.05, 3.63) is 35.9 Å². The van der Waals surface area contributed by atoms with Crippen molar-refractivity contribution in [3.8, 4) is 0 Å². The summed E-state index contributed by atoms with van der Waals surface area (Å²) in [4.78, 5) is 23.6. The molecule has 4 N–H and O–H groups in total. The molecule has 0 saturated carbocycles. The first-order chi connectivity index (χ1) is 9.54. The van der Waals surface area contributed by atoms with E-state index in [-0.39, 0.29) is 11.8 Å². The van der Waals surface area contributed by atoms with Crippen molar-refractivity contribution in [2.45, 2.75) is 38.8 Å². The van der Waals surface area contributed by atoms with Gasteiger partial charge in [-0.15, -0.1) is 0 Å². The van der Waals surface area contributed by atoms with Crippen LogP contribution in [0.3, 0.4) is 0 Å². The molecular formula is C15H23N3O2. The molecule has 5 nitrogen and oxygen atoms in total. The number of amides is 2. The minimum Gasteiger partial charge on any atom is -0.354 e. The number of carbonyl (C=O) groups is 2. The van der Waals surface area contributed by atoms with Crippen LogP contribution >= 0.6 is 0 Å². The maximum atomic E-state index is 11.9. The molecule has 2 atom stereocenters. The molecule has 1 unspecified atom stereocenters. The highest BCUT2D eigenvalue weighted by atomic mass is 16.2.